The van der Waals surface area contributed by atoms with Gasteiger partial charge in [0.25, 0.3) is 0 Å². The molecule has 5 nitrogen and oxygen atoms in total. The van der Waals surface area contributed by atoms with E-state index in [2.05, 4.69) is 5.32 Å². The number of halogens is 1. The zero-order valence-corrected chi connectivity index (χ0v) is 16.2. The average Bonchev–Trinajstić information content (AvgIpc) is 3.15. The van der Waals surface area contributed by atoms with Gasteiger partial charge in [0.1, 0.15) is 0 Å². The number of rotatable bonds is 5. The summed E-state index contributed by atoms with van der Waals surface area (Å²) < 4.78 is 10.7. The van der Waals surface area contributed by atoms with Gasteiger partial charge in [0, 0.05) is 6.04 Å². The second-order valence-corrected chi connectivity index (χ2v) is 7.23. The summed E-state index contributed by atoms with van der Waals surface area (Å²) in [6.45, 7) is 4.02. The Bertz CT molecular complexity index is 635. The van der Waals surface area contributed by atoms with Gasteiger partial charge in [0.15, 0.2) is 11.5 Å². The molecule has 5 unspecified atom stereocenters. The van der Waals surface area contributed by atoms with Crippen molar-refractivity contribution in [2.24, 2.45) is 23.5 Å². The van der Waals surface area contributed by atoms with Crippen LogP contribution >= 0.6 is 12.4 Å². The largest absolute Gasteiger partial charge is 0.493 e. The molecule has 5 atom stereocenters. The quantitative estimate of drug-likeness (QED) is 0.837. The van der Waals surface area contributed by atoms with Crippen LogP contribution in [0.15, 0.2) is 12.1 Å². The van der Waals surface area contributed by atoms with Crippen LogP contribution in [0.2, 0.25) is 0 Å². The van der Waals surface area contributed by atoms with E-state index in [4.69, 9.17) is 15.2 Å². The van der Waals surface area contributed by atoms with Crippen LogP contribution in [0, 0.1) is 24.7 Å². The Balaban J connectivity index is 0.00000225. The molecular formula is C19H29ClN2O3. The van der Waals surface area contributed by atoms with Crippen molar-refractivity contribution in [3.05, 3.63) is 23.3 Å². The van der Waals surface area contributed by atoms with Crippen LogP contribution in [0.1, 0.15) is 43.4 Å². The molecule has 3 N–H and O–H groups in total. The molecule has 0 aliphatic heterocycles. The summed E-state index contributed by atoms with van der Waals surface area (Å²) in [6.07, 6.45) is 3.43. The third-order valence-corrected chi connectivity index (χ3v) is 5.88. The smallest absolute Gasteiger partial charge is 0.225 e. The Morgan fingerprint density at radius 2 is 1.80 bits per heavy atom. The summed E-state index contributed by atoms with van der Waals surface area (Å²) in [5, 5.41) is 3.17. The first kappa shape index (κ1) is 19.9. The van der Waals surface area contributed by atoms with Crippen molar-refractivity contribution in [2.75, 3.05) is 14.2 Å². The second-order valence-electron chi connectivity index (χ2n) is 7.23. The molecule has 25 heavy (non-hydrogen) atoms. The standard InChI is InChI=1S/C19H28N2O3.ClH/c1-10-7-15(23-3)16(24-4)9-14(10)11(2)21-19(22)17-12-5-6-13(8-12)18(17)20;/h7,9,11-13,17-18H,5-6,8,20H2,1-4H3,(H,21,22);1H. The molecule has 3 rings (SSSR count). The van der Waals surface area contributed by atoms with Gasteiger partial charge in [0.2, 0.25) is 5.91 Å². The number of hydrogen-bond donors (Lipinski definition) is 2. The van der Waals surface area contributed by atoms with E-state index in [0.29, 0.717) is 23.3 Å². The molecular weight excluding hydrogens is 340 g/mol. The van der Waals surface area contributed by atoms with Crippen molar-refractivity contribution in [1.29, 1.82) is 0 Å². The van der Waals surface area contributed by atoms with Crippen LogP contribution in [-0.4, -0.2) is 26.2 Å². The molecule has 2 fully saturated rings. The second kappa shape index (κ2) is 7.83. The summed E-state index contributed by atoms with van der Waals surface area (Å²) >= 11 is 0. The van der Waals surface area contributed by atoms with E-state index in [9.17, 15) is 4.79 Å². The molecule has 1 aromatic rings. The van der Waals surface area contributed by atoms with E-state index in [0.717, 1.165) is 24.0 Å². The minimum atomic E-state index is -0.0939. The van der Waals surface area contributed by atoms with Crippen LogP contribution in [0.25, 0.3) is 0 Å². The van der Waals surface area contributed by atoms with E-state index in [1.54, 1.807) is 14.2 Å². The Morgan fingerprint density at radius 1 is 1.20 bits per heavy atom. The van der Waals surface area contributed by atoms with Crippen molar-refractivity contribution in [2.45, 2.75) is 45.2 Å². The first-order chi connectivity index (χ1) is 11.5. The highest BCUT2D eigenvalue weighted by molar-refractivity contribution is 5.85. The number of carbonyl (C=O) groups is 1. The summed E-state index contributed by atoms with van der Waals surface area (Å²) in [4.78, 5) is 12.8. The van der Waals surface area contributed by atoms with Crippen molar-refractivity contribution in [3.8, 4) is 11.5 Å². The van der Waals surface area contributed by atoms with E-state index >= 15 is 0 Å². The SMILES string of the molecule is COc1cc(C)c(C(C)NC(=O)C2C3CCC(C3)C2N)cc1OC.Cl. The number of hydrogen-bond acceptors (Lipinski definition) is 4. The fourth-order valence-corrected chi connectivity index (χ4v) is 4.58. The lowest BCUT2D eigenvalue weighted by atomic mass is 9.84. The number of nitrogens with one attached hydrogen (secondary N) is 1. The van der Waals surface area contributed by atoms with Gasteiger partial charge in [0.05, 0.1) is 26.2 Å². The summed E-state index contributed by atoms with van der Waals surface area (Å²) in [5.74, 6) is 2.43. The molecule has 0 saturated heterocycles. The summed E-state index contributed by atoms with van der Waals surface area (Å²) in [7, 11) is 3.24. The minimum Gasteiger partial charge on any atom is -0.493 e. The lowest BCUT2D eigenvalue weighted by molar-refractivity contribution is -0.127. The highest BCUT2D eigenvalue weighted by Crippen LogP contribution is 2.47. The predicted octanol–water partition coefficient (Wildman–Crippen LogP) is 2.98. The van der Waals surface area contributed by atoms with E-state index in [-0.39, 0.29) is 36.3 Å². The first-order valence-corrected chi connectivity index (χ1v) is 8.74. The molecule has 2 bridgehead atoms. The Hall–Kier alpha value is -1.46. The normalized spacial score (nSPS) is 28.2. The summed E-state index contributed by atoms with van der Waals surface area (Å²) in [5.41, 5.74) is 8.40. The minimum absolute atomic E-state index is 0. The molecule has 0 spiro atoms. The lowest BCUT2D eigenvalue weighted by Gasteiger charge is -2.29. The van der Waals surface area contributed by atoms with Gasteiger partial charge >= 0.3 is 0 Å². The molecule has 6 heteroatoms. The molecule has 0 aromatic heterocycles. The zero-order chi connectivity index (χ0) is 17.4. The Labute approximate surface area is 156 Å². The lowest BCUT2D eigenvalue weighted by Crippen LogP contribution is -2.45. The van der Waals surface area contributed by atoms with Crippen LogP contribution in [0.5, 0.6) is 11.5 Å². The van der Waals surface area contributed by atoms with Gasteiger partial charge in [-0.25, -0.2) is 0 Å². The highest BCUT2D eigenvalue weighted by atomic mass is 35.5. The summed E-state index contributed by atoms with van der Waals surface area (Å²) in [6, 6.07) is 3.81. The van der Waals surface area contributed by atoms with E-state index in [1.807, 2.05) is 26.0 Å². The van der Waals surface area contributed by atoms with Crippen molar-refractivity contribution >= 4 is 18.3 Å². The fraction of sp³-hybridized carbons (Fsp3) is 0.632. The van der Waals surface area contributed by atoms with Crippen LogP contribution < -0.4 is 20.5 Å². The molecule has 0 radical (unpaired) electrons. The molecule has 2 aliphatic carbocycles. The van der Waals surface area contributed by atoms with Crippen molar-refractivity contribution in [1.82, 2.24) is 5.32 Å². The molecule has 0 heterocycles. The van der Waals surface area contributed by atoms with Crippen molar-refractivity contribution in [3.63, 3.8) is 0 Å². The number of methoxy groups -OCH3 is 2. The number of amides is 1. The van der Waals surface area contributed by atoms with E-state index < -0.39 is 0 Å². The van der Waals surface area contributed by atoms with Gasteiger partial charge in [-0.2, -0.15) is 0 Å². The zero-order valence-electron chi connectivity index (χ0n) is 15.4. The molecule has 2 saturated carbocycles. The number of fused-ring (bicyclic) bond motifs is 2. The number of carbonyl (C=O) groups excluding carboxylic acids is 1. The maximum Gasteiger partial charge on any atom is 0.225 e. The van der Waals surface area contributed by atoms with Crippen LogP contribution in [0.4, 0.5) is 0 Å². The first-order valence-electron chi connectivity index (χ1n) is 8.74. The van der Waals surface area contributed by atoms with Crippen LogP contribution in [-0.2, 0) is 4.79 Å². The maximum atomic E-state index is 12.8. The Morgan fingerprint density at radius 3 is 2.36 bits per heavy atom. The number of benzene rings is 1. The van der Waals surface area contributed by atoms with Gasteiger partial charge in [-0.15, -0.1) is 12.4 Å². The van der Waals surface area contributed by atoms with Gasteiger partial charge in [-0.1, -0.05) is 0 Å². The average molecular weight is 369 g/mol. The predicted molar refractivity (Wildman–Crippen MR) is 100 cm³/mol. The highest BCUT2D eigenvalue weighted by Gasteiger charge is 2.49. The third-order valence-electron chi connectivity index (χ3n) is 5.88. The van der Waals surface area contributed by atoms with E-state index in [1.165, 1.54) is 6.42 Å². The van der Waals surface area contributed by atoms with Gasteiger partial charge < -0.3 is 20.5 Å². The van der Waals surface area contributed by atoms with Crippen LogP contribution in [0.3, 0.4) is 0 Å². The molecule has 1 amide bonds. The topological polar surface area (TPSA) is 73.6 Å². The Kier molecular flexibility index (Phi) is 6.22. The van der Waals surface area contributed by atoms with Gasteiger partial charge in [-0.3, -0.25) is 4.79 Å². The number of aryl methyl sites for hydroxylation is 1. The third kappa shape index (κ3) is 3.58. The monoisotopic (exact) mass is 368 g/mol. The van der Waals surface area contributed by atoms with Crippen molar-refractivity contribution < 1.29 is 14.3 Å². The fourth-order valence-electron chi connectivity index (χ4n) is 4.58. The maximum absolute atomic E-state index is 12.8. The molecule has 1 aromatic carbocycles. The molecule has 140 valence electrons. The number of nitrogens with two attached hydrogens (primary N) is 1. The van der Waals surface area contributed by atoms with Gasteiger partial charge in [-0.05, 0) is 68.2 Å². The number of ether oxygens (including phenoxy) is 2. The molecule has 2 aliphatic rings.